The van der Waals surface area contributed by atoms with Crippen LogP contribution in [0.4, 0.5) is 8.78 Å². The Kier molecular flexibility index (Phi) is 5.23. The van der Waals surface area contributed by atoms with Crippen LogP contribution in [-0.2, 0) is 11.2 Å². The van der Waals surface area contributed by atoms with Gasteiger partial charge in [-0.3, -0.25) is 4.79 Å². The molecule has 1 aromatic rings. The van der Waals surface area contributed by atoms with Crippen molar-refractivity contribution in [1.29, 1.82) is 0 Å². The molecule has 1 atom stereocenters. The summed E-state index contributed by atoms with van der Waals surface area (Å²) in [7, 11) is 0. The van der Waals surface area contributed by atoms with Crippen molar-refractivity contribution in [3.8, 4) is 0 Å². The minimum absolute atomic E-state index is 0.0302. The highest BCUT2D eigenvalue weighted by atomic mass is 19.1. The molecule has 0 heterocycles. The fourth-order valence-electron chi connectivity index (χ4n) is 1.39. The second-order valence-corrected chi connectivity index (χ2v) is 4.11. The fraction of sp³-hybridized carbons (Fsp3) is 0.333. The molecule has 0 aromatic heterocycles. The highest BCUT2D eigenvalue weighted by molar-refractivity contribution is 5.83. The summed E-state index contributed by atoms with van der Waals surface area (Å²) >= 11 is 0. The first-order chi connectivity index (χ1) is 8.95. The second-order valence-electron chi connectivity index (χ2n) is 4.11. The molecule has 7 heteroatoms. The number of carbonyl (C=O) groups excluding carboxylic acids is 1. The molecule has 0 aliphatic rings. The average Bonchev–Trinajstić information content (AvgIpc) is 2.39. The van der Waals surface area contributed by atoms with Crippen LogP contribution >= 0.6 is 0 Å². The lowest BCUT2D eigenvalue weighted by atomic mass is 10.1. The molecule has 0 saturated carbocycles. The largest absolute Gasteiger partial charge is 0.409 e. The number of amides is 1. The van der Waals surface area contributed by atoms with Gasteiger partial charge >= 0.3 is 0 Å². The van der Waals surface area contributed by atoms with Crippen LogP contribution < -0.4 is 11.1 Å². The van der Waals surface area contributed by atoms with Gasteiger partial charge in [0, 0.05) is 18.0 Å². The van der Waals surface area contributed by atoms with Gasteiger partial charge in [0.05, 0.1) is 6.42 Å². The maximum atomic E-state index is 13.3. The number of nitrogens with one attached hydrogen (secondary N) is 1. The van der Waals surface area contributed by atoms with Crippen LogP contribution in [0.1, 0.15) is 12.5 Å². The Morgan fingerprint density at radius 3 is 2.58 bits per heavy atom. The summed E-state index contributed by atoms with van der Waals surface area (Å²) in [6, 6.07) is 3.40. The molecule has 19 heavy (non-hydrogen) atoms. The van der Waals surface area contributed by atoms with Crippen LogP contribution in [0.2, 0.25) is 0 Å². The Balaban J connectivity index is 2.57. The molecule has 0 saturated heterocycles. The summed E-state index contributed by atoms with van der Waals surface area (Å²) in [4.78, 5) is 11.5. The van der Waals surface area contributed by atoms with Gasteiger partial charge in [0.15, 0.2) is 0 Å². The lowest BCUT2D eigenvalue weighted by Gasteiger charge is -2.11. The number of benzene rings is 1. The van der Waals surface area contributed by atoms with Crippen molar-refractivity contribution in [1.82, 2.24) is 5.32 Å². The van der Waals surface area contributed by atoms with Crippen molar-refractivity contribution in [3.63, 3.8) is 0 Å². The maximum absolute atomic E-state index is 13.3. The molecule has 1 rings (SSSR count). The van der Waals surface area contributed by atoms with Crippen molar-refractivity contribution >= 4 is 11.7 Å². The molecule has 1 unspecified atom stereocenters. The standard InChI is InChI=1S/C12H15F2N3O2/c1-7(12(15)17-19)6-16-11(18)5-8-9(13)3-2-4-10(8)14/h2-4,7,19H,5-6H2,1H3,(H2,15,17)(H,16,18). The van der Waals surface area contributed by atoms with Crippen molar-refractivity contribution in [2.45, 2.75) is 13.3 Å². The zero-order chi connectivity index (χ0) is 14.4. The molecule has 104 valence electrons. The van der Waals surface area contributed by atoms with Crippen LogP contribution in [0.5, 0.6) is 0 Å². The van der Waals surface area contributed by atoms with E-state index in [0.29, 0.717) is 0 Å². The quantitative estimate of drug-likeness (QED) is 0.323. The zero-order valence-electron chi connectivity index (χ0n) is 10.4. The fourth-order valence-corrected chi connectivity index (χ4v) is 1.39. The molecule has 4 N–H and O–H groups in total. The summed E-state index contributed by atoms with van der Waals surface area (Å²) in [5, 5.41) is 13.7. The number of rotatable bonds is 5. The average molecular weight is 271 g/mol. The first-order valence-electron chi connectivity index (χ1n) is 5.62. The van der Waals surface area contributed by atoms with Crippen molar-refractivity contribution in [3.05, 3.63) is 35.4 Å². The van der Waals surface area contributed by atoms with Gasteiger partial charge in [0.25, 0.3) is 0 Å². The van der Waals surface area contributed by atoms with E-state index < -0.39 is 24.0 Å². The Morgan fingerprint density at radius 2 is 2.05 bits per heavy atom. The number of hydrogen-bond donors (Lipinski definition) is 3. The Labute approximate surface area is 109 Å². The molecule has 1 amide bonds. The SMILES string of the molecule is CC(CNC(=O)Cc1c(F)cccc1F)C(N)=NO. The Hall–Kier alpha value is -2.18. The van der Waals surface area contributed by atoms with E-state index >= 15 is 0 Å². The third-order valence-corrected chi connectivity index (χ3v) is 2.62. The highest BCUT2D eigenvalue weighted by Crippen LogP contribution is 2.12. The smallest absolute Gasteiger partial charge is 0.224 e. The number of oxime groups is 1. The predicted octanol–water partition coefficient (Wildman–Crippen LogP) is 1.01. The molecular formula is C12H15F2N3O2. The first-order valence-corrected chi connectivity index (χ1v) is 5.62. The number of nitrogens with two attached hydrogens (primary N) is 1. The maximum Gasteiger partial charge on any atom is 0.224 e. The molecule has 5 nitrogen and oxygen atoms in total. The number of carbonyl (C=O) groups is 1. The predicted molar refractivity (Wildman–Crippen MR) is 65.6 cm³/mol. The van der Waals surface area contributed by atoms with E-state index in [2.05, 4.69) is 10.5 Å². The normalized spacial score (nSPS) is 13.1. The molecule has 0 spiro atoms. The van der Waals surface area contributed by atoms with Crippen molar-refractivity contribution < 1.29 is 18.8 Å². The van der Waals surface area contributed by atoms with Gasteiger partial charge in [-0.25, -0.2) is 8.78 Å². The van der Waals surface area contributed by atoms with E-state index in [1.165, 1.54) is 6.07 Å². The van der Waals surface area contributed by atoms with Crippen molar-refractivity contribution in [2.24, 2.45) is 16.8 Å². The van der Waals surface area contributed by atoms with Gasteiger partial charge in [-0.2, -0.15) is 0 Å². The Morgan fingerprint density at radius 1 is 1.47 bits per heavy atom. The lowest BCUT2D eigenvalue weighted by molar-refractivity contribution is -0.120. The van der Waals surface area contributed by atoms with E-state index in [4.69, 9.17) is 10.9 Å². The van der Waals surface area contributed by atoms with Crippen LogP contribution in [0.25, 0.3) is 0 Å². The lowest BCUT2D eigenvalue weighted by Crippen LogP contribution is -2.35. The topological polar surface area (TPSA) is 87.7 Å². The highest BCUT2D eigenvalue weighted by Gasteiger charge is 2.14. The van der Waals surface area contributed by atoms with Crippen molar-refractivity contribution in [2.75, 3.05) is 6.54 Å². The third-order valence-electron chi connectivity index (χ3n) is 2.62. The summed E-state index contributed by atoms with van der Waals surface area (Å²) in [5.74, 6) is -2.47. The minimum atomic E-state index is -0.764. The summed E-state index contributed by atoms with van der Waals surface area (Å²) < 4.78 is 26.6. The van der Waals surface area contributed by atoms with Gasteiger partial charge in [-0.05, 0) is 12.1 Å². The summed E-state index contributed by atoms with van der Waals surface area (Å²) in [6.45, 7) is 1.75. The minimum Gasteiger partial charge on any atom is -0.409 e. The van der Waals surface area contributed by atoms with E-state index in [9.17, 15) is 13.6 Å². The zero-order valence-corrected chi connectivity index (χ0v) is 10.4. The second kappa shape index (κ2) is 6.67. The van der Waals surface area contributed by atoms with E-state index in [-0.39, 0.29) is 23.9 Å². The first kappa shape index (κ1) is 14.9. The van der Waals surface area contributed by atoms with Gasteiger partial charge in [0.1, 0.15) is 17.5 Å². The summed E-state index contributed by atoms with van der Waals surface area (Å²) in [5.41, 5.74) is 5.05. The van der Waals surface area contributed by atoms with Crippen LogP contribution in [0.3, 0.4) is 0 Å². The molecule has 0 aliphatic heterocycles. The molecule has 0 radical (unpaired) electrons. The van der Waals surface area contributed by atoms with Gasteiger partial charge in [-0.15, -0.1) is 0 Å². The number of amidine groups is 1. The van der Waals surface area contributed by atoms with E-state index in [0.717, 1.165) is 12.1 Å². The number of halogens is 2. The third kappa shape index (κ3) is 4.20. The molecular weight excluding hydrogens is 256 g/mol. The molecule has 0 fully saturated rings. The van der Waals surface area contributed by atoms with E-state index in [1.807, 2.05) is 0 Å². The Bertz CT molecular complexity index is 472. The molecule has 0 bridgehead atoms. The van der Waals surface area contributed by atoms with E-state index in [1.54, 1.807) is 6.92 Å². The monoisotopic (exact) mass is 271 g/mol. The van der Waals surface area contributed by atoms with Crippen LogP contribution in [-0.4, -0.2) is 23.5 Å². The van der Waals surface area contributed by atoms with Gasteiger partial charge < -0.3 is 16.3 Å². The van der Waals surface area contributed by atoms with Crippen LogP contribution in [0.15, 0.2) is 23.4 Å². The van der Waals surface area contributed by atoms with Crippen LogP contribution in [0, 0.1) is 17.6 Å². The molecule has 1 aromatic carbocycles. The van der Waals surface area contributed by atoms with Gasteiger partial charge in [-0.1, -0.05) is 18.1 Å². The number of hydrogen-bond acceptors (Lipinski definition) is 3. The molecule has 0 aliphatic carbocycles. The number of nitrogens with zero attached hydrogens (tertiary/aromatic N) is 1. The summed E-state index contributed by atoms with van der Waals surface area (Å²) in [6.07, 6.45) is -0.401. The van der Waals surface area contributed by atoms with Gasteiger partial charge in [0.2, 0.25) is 5.91 Å².